The van der Waals surface area contributed by atoms with Gasteiger partial charge in [0.15, 0.2) is 0 Å². The van der Waals surface area contributed by atoms with Crippen molar-refractivity contribution in [1.29, 1.82) is 0 Å². The van der Waals surface area contributed by atoms with E-state index in [0.717, 1.165) is 11.5 Å². The van der Waals surface area contributed by atoms with E-state index in [1.165, 1.54) is 0 Å². The van der Waals surface area contributed by atoms with E-state index in [1.54, 1.807) is 23.5 Å². The lowest BCUT2D eigenvalue weighted by atomic mass is 10.2. The molecule has 0 spiro atoms. The van der Waals surface area contributed by atoms with Crippen molar-refractivity contribution < 1.29 is 34.8 Å². The molecular weight excluding hydrogens is 386 g/mol. The number of aliphatic carboxylic acids is 3. The average Bonchev–Trinajstić information content (AvgIpc) is 2.58. The Hall–Kier alpha value is -1.05. The van der Waals surface area contributed by atoms with Crippen LogP contribution < -0.4 is 17.2 Å². The monoisotopic (exact) mass is 417 g/mol. The van der Waals surface area contributed by atoms with Crippen LogP contribution in [-0.4, -0.2) is 87.1 Å². The van der Waals surface area contributed by atoms with Crippen LogP contribution in [0.1, 0.15) is 19.3 Å². The minimum Gasteiger partial charge on any atom is -0.480 e. The largest absolute Gasteiger partial charge is 0.480 e. The van der Waals surface area contributed by atoms with E-state index in [-0.39, 0.29) is 13.0 Å². The number of hydrogen-bond donors (Lipinski definition) is 7. The Kier molecular flexibility index (Phi) is 23.2. The third-order valence-corrected chi connectivity index (χ3v) is 3.95. The highest BCUT2D eigenvalue weighted by Crippen LogP contribution is 1.98. The zero-order valence-electron chi connectivity index (χ0n) is 15.0. The lowest BCUT2D eigenvalue weighted by Crippen LogP contribution is -2.30. The Morgan fingerprint density at radius 2 is 1.00 bits per heavy atom. The van der Waals surface area contributed by atoms with Gasteiger partial charge in [-0.25, -0.2) is 0 Å². The van der Waals surface area contributed by atoms with Gasteiger partial charge in [-0.2, -0.15) is 23.5 Å². The number of carbonyl (C=O) groups is 3. The van der Waals surface area contributed by atoms with E-state index in [1.807, 2.05) is 12.5 Å². The third-order valence-electron chi connectivity index (χ3n) is 2.66. The number of carboxylic acids is 3. The van der Waals surface area contributed by atoms with Crippen LogP contribution in [0.15, 0.2) is 0 Å². The molecule has 0 aromatic heterocycles. The van der Waals surface area contributed by atoms with Crippen LogP contribution in [0.4, 0.5) is 0 Å². The van der Waals surface area contributed by atoms with Gasteiger partial charge in [-0.3, -0.25) is 14.4 Å². The Balaban J connectivity index is -0.000000306. The van der Waals surface area contributed by atoms with Gasteiger partial charge < -0.3 is 37.6 Å². The first-order valence-electron chi connectivity index (χ1n) is 7.58. The Labute approximate surface area is 161 Å². The number of aliphatic hydroxyl groups excluding tert-OH is 1. The fourth-order valence-electron chi connectivity index (χ4n) is 0.999. The topological polar surface area (TPSA) is 210 Å². The summed E-state index contributed by atoms with van der Waals surface area (Å²) in [6.07, 6.45) is 5.07. The molecule has 0 aliphatic carbocycles. The second kappa shape index (κ2) is 20.3. The molecule has 0 aromatic rings. The molecule has 0 aliphatic heterocycles. The van der Waals surface area contributed by atoms with E-state index >= 15 is 0 Å². The predicted octanol–water partition coefficient (Wildman–Crippen LogP) is -0.916. The van der Waals surface area contributed by atoms with Crippen molar-refractivity contribution in [1.82, 2.24) is 0 Å². The standard InChI is InChI=1S/2C5H11NO2S.C4H9NO3/c2*1-9-3-2-4(6)5(7)8;5-3(1-2-6)4(7)8/h2*4H,2-3,6H2,1H3,(H,7,8);3,6H,1-2,5H2,(H,7,8)/t2*4-;/m00./s1. The molecule has 3 atom stereocenters. The van der Waals surface area contributed by atoms with Gasteiger partial charge in [-0.05, 0) is 43.3 Å². The highest BCUT2D eigenvalue weighted by Gasteiger charge is 2.10. The second-order valence-electron chi connectivity index (χ2n) is 4.91. The zero-order valence-corrected chi connectivity index (χ0v) is 16.7. The maximum Gasteiger partial charge on any atom is 0.320 e. The summed E-state index contributed by atoms with van der Waals surface area (Å²) in [4.78, 5) is 30.0. The lowest BCUT2D eigenvalue weighted by Gasteiger charge is -2.02. The summed E-state index contributed by atoms with van der Waals surface area (Å²) in [5, 5.41) is 32.8. The predicted molar refractivity (Wildman–Crippen MR) is 105 cm³/mol. The Morgan fingerprint density at radius 1 is 0.731 bits per heavy atom. The maximum absolute atomic E-state index is 10.1. The molecule has 0 aliphatic rings. The van der Waals surface area contributed by atoms with Gasteiger partial charge in [0.1, 0.15) is 18.1 Å². The van der Waals surface area contributed by atoms with Crippen LogP contribution in [0.2, 0.25) is 0 Å². The van der Waals surface area contributed by atoms with Gasteiger partial charge in [-0.15, -0.1) is 0 Å². The second-order valence-corrected chi connectivity index (χ2v) is 6.88. The van der Waals surface area contributed by atoms with Crippen LogP contribution in [0.3, 0.4) is 0 Å². The van der Waals surface area contributed by atoms with Crippen LogP contribution in [0.5, 0.6) is 0 Å². The van der Waals surface area contributed by atoms with Crippen LogP contribution in [0.25, 0.3) is 0 Å². The molecule has 0 aromatic carbocycles. The quantitative estimate of drug-likeness (QED) is 0.218. The molecule has 0 bridgehead atoms. The van der Waals surface area contributed by atoms with Gasteiger partial charge in [0.05, 0.1) is 0 Å². The number of aliphatic hydroxyl groups is 1. The van der Waals surface area contributed by atoms with Crippen molar-refractivity contribution in [2.75, 3.05) is 30.6 Å². The molecule has 10 nitrogen and oxygen atoms in total. The van der Waals surface area contributed by atoms with Gasteiger partial charge in [0.2, 0.25) is 0 Å². The van der Waals surface area contributed by atoms with Crippen LogP contribution in [-0.2, 0) is 14.4 Å². The summed E-state index contributed by atoms with van der Waals surface area (Å²) < 4.78 is 0. The Morgan fingerprint density at radius 3 is 1.15 bits per heavy atom. The van der Waals surface area contributed by atoms with Crippen LogP contribution in [0, 0.1) is 0 Å². The summed E-state index contributed by atoms with van der Waals surface area (Å²) >= 11 is 3.21. The summed E-state index contributed by atoms with van der Waals surface area (Å²) in [5.41, 5.74) is 15.3. The summed E-state index contributed by atoms with van der Waals surface area (Å²) in [5.74, 6) is -1.27. The van der Waals surface area contributed by atoms with Crippen molar-refractivity contribution in [3.8, 4) is 0 Å². The molecule has 0 rings (SSSR count). The van der Waals surface area contributed by atoms with Crippen molar-refractivity contribution in [3.63, 3.8) is 0 Å². The summed E-state index contributed by atoms with van der Waals surface area (Å²) in [7, 11) is 0. The fourth-order valence-corrected chi connectivity index (χ4v) is 1.98. The number of nitrogens with two attached hydrogens (primary N) is 3. The third kappa shape index (κ3) is 22.9. The first-order chi connectivity index (χ1) is 12.0. The molecule has 26 heavy (non-hydrogen) atoms. The normalized spacial score (nSPS) is 13.2. The van der Waals surface area contributed by atoms with E-state index < -0.39 is 36.0 Å². The molecule has 0 heterocycles. The smallest absolute Gasteiger partial charge is 0.320 e. The molecule has 156 valence electrons. The minimum atomic E-state index is -1.07. The molecular formula is C14H31N3O7S2. The van der Waals surface area contributed by atoms with E-state index in [9.17, 15) is 14.4 Å². The number of thioether (sulfide) groups is 2. The molecule has 0 fully saturated rings. The first kappa shape index (κ1) is 29.7. The zero-order chi connectivity index (χ0) is 21.1. The minimum absolute atomic E-state index is 0.120. The molecule has 12 heteroatoms. The average molecular weight is 418 g/mol. The summed E-state index contributed by atoms with van der Waals surface area (Å²) in [6.45, 7) is -0.173. The van der Waals surface area contributed by atoms with Gasteiger partial charge in [0.25, 0.3) is 0 Å². The van der Waals surface area contributed by atoms with E-state index in [2.05, 4.69) is 0 Å². The van der Waals surface area contributed by atoms with Crippen molar-refractivity contribution in [2.45, 2.75) is 37.4 Å². The molecule has 0 saturated heterocycles. The van der Waals surface area contributed by atoms with Gasteiger partial charge in [-0.1, -0.05) is 0 Å². The molecule has 0 radical (unpaired) electrons. The SMILES string of the molecule is CSCC[C@H](N)C(=O)O.CSCC[C@H](N)C(=O)O.NC(CCO)C(=O)O. The maximum atomic E-state index is 10.1. The fraction of sp³-hybridized carbons (Fsp3) is 0.786. The van der Waals surface area contributed by atoms with Crippen molar-refractivity contribution in [3.05, 3.63) is 0 Å². The summed E-state index contributed by atoms with van der Waals surface area (Å²) in [6, 6.07) is -2.28. The number of rotatable bonds is 11. The number of hydrogen-bond acceptors (Lipinski definition) is 9. The molecule has 1 unspecified atom stereocenters. The van der Waals surface area contributed by atoms with Gasteiger partial charge >= 0.3 is 17.9 Å². The van der Waals surface area contributed by atoms with Gasteiger partial charge in [0, 0.05) is 6.61 Å². The number of carboxylic acid groups (broad SMARTS) is 3. The molecule has 0 amide bonds. The van der Waals surface area contributed by atoms with E-state index in [4.69, 9.17) is 37.6 Å². The van der Waals surface area contributed by atoms with Crippen LogP contribution >= 0.6 is 23.5 Å². The first-order valence-corrected chi connectivity index (χ1v) is 10.4. The lowest BCUT2D eigenvalue weighted by molar-refractivity contribution is -0.139. The highest BCUT2D eigenvalue weighted by atomic mass is 32.2. The van der Waals surface area contributed by atoms with Crippen molar-refractivity contribution >= 4 is 41.4 Å². The van der Waals surface area contributed by atoms with E-state index in [0.29, 0.717) is 12.8 Å². The highest BCUT2D eigenvalue weighted by molar-refractivity contribution is 7.98. The van der Waals surface area contributed by atoms with Crippen molar-refractivity contribution in [2.24, 2.45) is 17.2 Å². The molecule has 10 N–H and O–H groups in total. The Bertz CT molecular complexity index is 366. The molecule has 0 saturated carbocycles.